The summed E-state index contributed by atoms with van der Waals surface area (Å²) in [5.74, 6) is 1.29. The number of carbonyl (C=O) groups is 1. The van der Waals surface area contributed by atoms with Gasteiger partial charge >= 0.3 is 6.03 Å². The van der Waals surface area contributed by atoms with Crippen LogP contribution in [0.15, 0.2) is 42.5 Å². The van der Waals surface area contributed by atoms with Gasteiger partial charge < -0.3 is 25.0 Å². The van der Waals surface area contributed by atoms with Gasteiger partial charge in [-0.3, -0.25) is 4.90 Å². The fourth-order valence-corrected chi connectivity index (χ4v) is 5.23. The topological polar surface area (TPSA) is 66.1 Å². The Hall–Kier alpha value is -3.00. The van der Waals surface area contributed by atoms with Crippen molar-refractivity contribution in [1.29, 1.82) is 0 Å². The lowest BCUT2D eigenvalue weighted by Gasteiger charge is -2.40. The summed E-state index contributed by atoms with van der Waals surface area (Å²) in [4.78, 5) is 17.1. The highest BCUT2D eigenvalue weighted by molar-refractivity contribution is 5.74. The molecule has 34 heavy (non-hydrogen) atoms. The predicted molar refractivity (Wildman–Crippen MR) is 129 cm³/mol. The van der Waals surface area contributed by atoms with Gasteiger partial charge in [0, 0.05) is 38.8 Å². The third-order valence-corrected chi connectivity index (χ3v) is 7.13. The minimum atomic E-state index is -0.190. The summed E-state index contributed by atoms with van der Waals surface area (Å²) in [5, 5.41) is 6.25. The molecular formula is C26H33FN4O3. The Morgan fingerprint density at radius 3 is 2.56 bits per heavy atom. The van der Waals surface area contributed by atoms with Crippen molar-refractivity contribution in [2.75, 3.05) is 44.4 Å². The molecule has 0 radical (unpaired) electrons. The zero-order valence-corrected chi connectivity index (χ0v) is 19.5. The lowest BCUT2D eigenvalue weighted by molar-refractivity contribution is 0.172. The minimum Gasteiger partial charge on any atom is -0.454 e. The smallest absolute Gasteiger partial charge is 0.315 e. The van der Waals surface area contributed by atoms with Crippen molar-refractivity contribution in [3.8, 4) is 11.5 Å². The molecule has 5 rings (SSSR count). The van der Waals surface area contributed by atoms with E-state index < -0.39 is 0 Å². The molecule has 0 spiro atoms. The molecule has 2 aromatic rings. The van der Waals surface area contributed by atoms with Crippen LogP contribution in [0.1, 0.15) is 43.7 Å². The maximum absolute atomic E-state index is 14.3. The molecule has 2 aliphatic heterocycles. The fourth-order valence-electron chi connectivity index (χ4n) is 5.23. The zero-order valence-electron chi connectivity index (χ0n) is 19.5. The molecule has 1 aliphatic carbocycles. The number of ether oxygens (including phenoxy) is 2. The molecule has 0 aromatic heterocycles. The van der Waals surface area contributed by atoms with Crippen LogP contribution in [0.3, 0.4) is 0 Å². The number of nitrogens with zero attached hydrogens (tertiary/aromatic N) is 2. The van der Waals surface area contributed by atoms with Gasteiger partial charge in [0.25, 0.3) is 0 Å². The van der Waals surface area contributed by atoms with Crippen LogP contribution < -0.4 is 25.0 Å². The van der Waals surface area contributed by atoms with E-state index in [1.807, 2.05) is 30.3 Å². The van der Waals surface area contributed by atoms with E-state index in [-0.39, 0.29) is 30.7 Å². The van der Waals surface area contributed by atoms with E-state index in [0.717, 1.165) is 56.1 Å². The number of fused-ring (bicyclic) bond motifs is 1. The second-order valence-electron chi connectivity index (χ2n) is 9.29. The van der Waals surface area contributed by atoms with Crippen LogP contribution >= 0.6 is 0 Å². The molecule has 2 heterocycles. The highest BCUT2D eigenvalue weighted by atomic mass is 19.1. The number of piperazine rings is 1. The summed E-state index contributed by atoms with van der Waals surface area (Å²) in [5.41, 5.74) is 1.72. The zero-order chi connectivity index (χ0) is 23.3. The Kier molecular flexibility index (Phi) is 7.04. The van der Waals surface area contributed by atoms with Gasteiger partial charge in [-0.2, -0.15) is 0 Å². The van der Waals surface area contributed by atoms with Gasteiger partial charge in [-0.05, 0) is 42.7 Å². The first-order chi connectivity index (χ1) is 16.7. The van der Waals surface area contributed by atoms with Gasteiger partial charge in [0.2, 0.25) is 6.79 Å². The van der Waals surface area contributed by atoms with Crippen LogP contribution in [-0.2, 0) is 0 Å². The summed E-state index contributed by atoms with van der Waals surface area (Å²) in [6, 6.07) is 13.0. The number of carbonyl (C=O) groups excluding carboxylic acids is 1. The molecule has 2 aromatic carbocycles. The van der Waals surface area contributed by atoms with E-state index in [1.165, 1.54) is 25.3 Å². The van der Waals surface area contributed by atoms with E-state index in [4.69, 9.17) is 9.47 Å². The number of nitrogens with one attached hydrogen (secondary N) is 2. The van der Waals surface area contributed by atoms with Crippen LogP contribution in [0.25, 0.3) is 0 Å². The first kappa shape index (κ1) is 22.8. The highest BCUT2D eigenvalue weighted by Gasteiger charge is 2.28. The third-order valence-electron chi connectivity index (χ3n) is 7.13. The summed E-state index contributed by atoms with van der Waals surface area (Å²) in [6.07, 6.45) is 5.72. The Balaban J connectivity index is 1.26. The van der Waals surface area contributed by atoms with Crippen LogP contribution in [0, 0.1) is 5.82 Å². The molecule has 1 saturated carbocycles. The van der Waals surface area contributed by atoms with Gasteiger partial charge in [-0.25, -0.2) is 9.18 Å². The Morgan fingerprint density at radius 2 is 1.76 bits per heavy atom. The number of hydrogen-bond donors (Lipinski definition) is 2. The number of amides is 2. The van der Waals surface area contributed by atoms with Crippen molar-refractivity contribution in [3.63, 3.8) is 0 Å². The SMILES string of the molecule is O=C(NC[C@@H](c1ccc2c(c1)OCO2)N1CCN(c2ccccc2F)CC1)NC1CCCCC1. The standard InChI is InChI=1S/C26H33FN4O3/c27-21-8-4-5-9-22(21)30-12-14-31(15-13-30)23(19-10-11-24-25(16-19)34-18-33-24)17-28-26(32)29-20-6-2-1-3-7-20/h4-5,8-11,16,20,23H,1-3,6-7,12-15,17-18H2,(H2,28,29,32)/t23-/m0/s1. The molecule has 2 amide bonds. The van der Waals surface area contributed by atoms with Gasteiger partial charge in [-0.15, -0.1) is 0 Å². The molecule has 3 aliphatic rings. The summed E-state index contributed by atoms with van der Waals surface area (Å²) in [7, 11) is 0. The average Bonchev–Trinajstić information content (AvgIpc) is 3.34. The molecule has 7 nitrogen and oxygen atoms in total. The van der Waals surface area contributed by atoms with E-state index in [2.05, 4.69) is 20.4 Å². The first-order valence-electron chi connectivity index (χ1n) is 12.3. The molecule has 2 fully saturated rings. The van der Waals surface area contributed by atoms with Crippen LogP contribution in [-0.4, -0.2) is 56.5 Å². The van der Waals surface area contributed by atoms with Crippen LogP contribution in [0.4, 0.5) is 14.9 Å². The molecular weight excluding hydrogens is 435 g/mol. The maximum Gasteiger partial charge on any atom is 0.315 e. The summed E-state index contributed by atoms with van der Waals surface area (Å²) < 4.78 is 25.4. The van der Waals surface area contributed by atoms with Crippen molar-refractivity contribution in [2.24, 2.45) is 0 Å². The monoisotopic (exact) mass is 468 g/mol. The molecule has 182 valence electrons. The number of halogens is 1. The van der Waals surface area contributed by atoms with Crippen LogP contribution in [0.2, 0.25) is 0 Å². The second-order valence-corrected chi connectivity index (χ2v) is 9.29. The Labute approximate surface area is 200 Å². The molecule has 0 unspecified atom stereocenters. The van der Waals surface area contributed by atoms with Gasteiger partial charge in [-0.1, -0.05) is 37.5 Å². The lowest BCUT2D eigenvalue weighted by Crippen LogP contribution is -2.51. The van der Waals surface area contributed by atoms with Crippen molar-refractivity contribution in [1.82, 2.24) is 15.5 Å². The Bertz CT molecular complexity index is 990. The van der Waals surface area contributed by atoms with Crippen molar-refractivity contribution >= 4 is 11.7 Å². The number of rotatable bonds is 6. The number of urea groups is 1. The quantitative estimate of drug-likeness (QED) is 0.670. The third kappa shape index (κ3) is 5.22. The number of hydrogen-bond acceptors (Lipinski definition) is 5. The largest absolute Gasteiger partial charge is 0.454 e. The second kappa shape index (κ2) is 10.5. The molecule has 2 N–H and O–H groups in total. The van der Waals surface area contributed by atoms with Gasteiger partial charge in [0.15, 0.2) is 11.5 Å². The minimum absolute atomic E-state index is 0.0191. The maximum atomic E-state index is 14.3. The van der Waals surface area contributed by atoms with Crippen molar-refractivity contribution < 1.29 is 18.7 Å². The normalized spacial score (nSPS) is 19.6. The molecule has 1 saturated heterocycles. The highest BCUT2D eigenvalue weighted by Crippen LogP contribution is 2.36. The van der Waals surface area contributed by atoms with E-state index in [0.29, 0.717) is 12.2 Å². The fraction of sp³-hybridized carbons (Fsp3) is 0.500. The number of para-hydroxylation sites is 1. The van der Waals surface area contributed by atoms with E-state index in [1.54, 1.807) is 6.07 Å². The molecule has 0 bridgehead atoms. The van der Waals surface area contributed by atoms with Crippen molar-refractivity contribution in [2.45, 2.75) is 44.2 Å². The van der Waals surface area contributed by atoms with Gasteiger partial charge in [0.05, 0.1) is 11.7 Å². The summed E-state index contributed by atoms with van der Waals surface area (Å²) >= 11 is 0. The summed E-state index contributed by atoms with van der Waals surface area (Å²) in [6.45, 7) is 3.68. The van der Waals surface area contributed by atoms with E-state index >= 15 is 0 Å². The first-order valence-corrected chi connectivity index (χ1v) is 12.3. The van der Waals surface area contributed by atoms with Gasteiger partial charge in [0.1, 0.15) is 5.82 Å². The van der Waals surface area contributed by atoms with Crippen molar-refractivity contribution in [3.05, 3.63) is 53.8 Å². The molecule has 1 atom stereocenters. The molecule has 8 heteroatoms. The number of anilines is 1. The van der Waals surface area contributed by atoms with E-state index in [9.17, 15) is 9.18 Å². The Morgan fingerprint density at radius 1 is 1.00 bits per heavy atom. The predicted octanol–water partition coefficient (Wildman–Crippen LogP) is 4.05. The lowest BCUT2D eigenvalue weighted by atomic mass is 9.96. The van der Waals surface area contributed by atoms with Crippen LogP contribution in [0.5, 0.6) is 11.5 Å². The average molecular weight is 469 g/mol. The number of benzene rings is 2.